The first-order chi connectivity index (χ1) is 8.04. The highest BCUT2D eigenvalue weighted by Crippen LogP contribution is 1.99. The van der Waals surface area contributed by atoms with Crippen LogP contribution in [0.15, 0.2) is 17.8 Å². The smallest absolute Gasteiger partial charge is 0.309 e. The molecule has 0 bridgehead atoms. The Bertz CT molecular complexity index is 327. The summed E-state index contributed by atoms with van der Waals surface area (Å²) in [6.45, 7) is 3.44. The highest BCUT2D eigenvalue weighted by atomic mass is 16.5. The number of methoxy groups -OCH3 is 1. The zero-order valence-electron chi connectivity index (χ0n) is 9.47. The Morgan fingerprint density at radius 1 is 1.47 bits per heavy atom. The third kappa shape index (κ3) is 6.18. The molecule has 0 saturated heterocycles. The molecule has 0 heterocycles. The quantitative estimate of drug-likeness (QED) is 0.393. The van der Waals surface area contributed by atoms with Gasteiger partial charge in [-0.15, -0.1) is 11.5 Å². The van der Waals surface area contributed by atoms with Crippen LogP contribution in [-0.4, -0.2) is 30.9 Å². The number of ether oxygens (including phenoxy) is 1. The van der Waals surface area contributed by atoms with E-state index in [1.807, 2.05) is 0 Å². The third-order valence-corrected chi connectivity index (χ3v) is 1.90. The summed E-state index contributed by atoms with van der Waals surface area (Å²) in [6, 6.07) is -1.27. The maximum absolute atomic E-state index is 11.3. The number of rotatable bonds is 7. The van der Waals surface area contributed by atoms with Gasteiger partial charge in [0.1, 0.15) is 6.04 Å². The molecule has 0 aliphatic rings. The molecule has 94 valence electrons. The van der Waals surface area contributed by atoms with Gasteiger partial charge in [0.15, 0.2) is 0 Å². The van der Waals surface area contributed by atoms with Crippen LogP contribution in [0.1, 0.15) is 19.3 Å². The molecule has 0 aliphatic heterocycles. The van der Waals surface area contributed by atoms with Crippen molar-refractivity contribution in [3.8, 4) is 0 Å². The predicted molar refractivity (Wildman–Crippen MR) is 58.8 cm³/mol. The summed E-state index contributed by atoms with van der Waals surface area (Å²) in [5.74, 6) is -2.28. The van der Waals surface area contributed by atoms with Crippen LogP contribution in [0.25, 0.3) is 0 Å². The van der Waals surface area contributed by atoms with E-state index in [0.717, 1.165) is 7.11 Å². The van der Waals surface area contributed by atoms with E-state index in [-0.39, 0.29) is 6.42 Å². The topological polar surface area (TPSA) is 102 Å². The molecule has 0 unspecified atom stereocenters. The van der Waals surface area contributed by atoms with Crippen molar-refractivity contribution in [1.29, 1.82) is 0 Å². The zero-order chi connectivity index (χ0) is 13.3. The molecular formula is C10H14N2O5. The molecule has 0 fully saturated rings. The van der Waals surface area contributed by atoms with Crippen molar-refractivity contribution in [2.24, 2.45) is 5.18 Å². The van der Waals surface area contributed by atoms with Crippen LogP contribution in [0.4, 0.5) is 0 Å². The molecule has 17 heavy (non-hydrogen) atoms. The van der Waals surface area contributed by atoms with Gasteiger partial charge >= 0.3 is 11.9 Å². The molecule has 7 nitrogen and oxygen atoms in total. The van der Waals surface area contributed by atoms with Crippen LogP contribution in [0, 0.1) is 4.91 Å². The molecule has 0 aromatic heterocycles. The lowest BCUT2D eigenvalue weighted by atomic mass is 10.2. The fraction of sp³-hybridized carbons (Fsp3) is 0.500. The van der Waals surface area contributed by atoms with Crippen molar-refractivity contribution in [3.63, 3.8) is 0 Å². The second-order valence-corrected chi connectivity index (χ2v) is 3.16. The predicted octanol–water partition coefficient (Wildman–Crippen LogP) is 0.293. The average Bonchev–Trinajstić information content (AvgIpc) is 2.34. The van der Waals surface area contributed by atoms with E-state index in [9.17, 15) is 19.3 Å². The monoisotopic (exact) mass is 242 g/mol. The lowest BCUT2D eigenvalue weighted by molar-refractivity contribution is -0.143. The third-order valence-electron chi connectivity index (χ3n) is 1.90. The fourth-order valence-corrected chi connectivity index (χ4v) is 1.01. The molecule has 0 spiro atoms. The average molecular weight is 242 g/mol. The van der Waals surface area contributed by atoms with E-state index < -0.39 is 30.2 Å². The molecule has 0 aliphatic carbocycles. The fourth-order valence-electron chi connectivity index (χ4n) is 1.01. The lowest BCUT2D eigenvalue weighted by Gasteiger charge is -2.12. The van der Waals surface area contributed by atoms with Crippen molar-refractivity contribution < 1.29 is 19.1 Å². The number of amides is 2. The molecule has 0 rings (SSSR count). The summed E-state index contributed by atoms with van der Waals surface area (Å²) in [7, 11) is 1.14. The van der Waals surface area contributed by atoms with Gasteiger partial charge in [-0.25, -0.2) is 0 Å². The minimum absolute atomic E-state index is 0.118. The standard InChI is InChI=1S/C10H14N2O5/c1-3-4-5-8(13)11-7(10(15)12-16)6-9(14)17-2/h3,7H,1,4-6H2,2H3,(H,11,13)/t7-/m0/s1. The van der Waals surface area contributed by atoms with Crippen molar-refractivity contribution >= 4 is 17.8 Å². The minimum Gasteiger partial charge on any atom is -0.469 e. The molecular weight excluding hydrogens is 228 g/mol. The Balaban J connectivity index is 4.42. The molecule has 7 heteroatoms. The van der Waals surface area contributed by atoms with Gasteiger partial charge in [0, 0.05) is 11.6 Å². The van der Waals surface area contributed by atoms with Crippen molar-refractivity contribution in [2.45, 2.75) is 25.3 Å². The summed E-state index contributed by atoms with van der Waals surface area (Å²) in [5.41, 5.74) is 0. The Hall–Kier alpha value is -2.05. The van der Waals surface area contributed by atoms with Gasteiger partial charge in [0.2, 0.25) is 5.91 Å². The summed E-state index contributed by atoms with van der Waals surface area (Å²) in [4.78, 5) is 43.4. The number of carbonyl (C=O) groups is 3. The second-order valence-electron chi connectivity index (χ2n) is 3.16. The SMILES string of the molecule is C=CCCC(=O)N[C@@H](CC(=O)OC)C(=O)N=O. The first-order valence-electron chi connectivity index (χ1n) is 4.89. The van der Waals surface area contributed by atoms with Gasteiger partial charge in [0.25, 0.3) is 0 Å². The second kappa shape index (κ2) is 8.14. The number of hydrogen-bond acceptors (Lipinski definition) is 5. The van der Waals surface area contributed by atoms with Crippen molar-refractivity contribution in [2.75, 3.05) is 7.11 Å². The van der Waals surface area contributed by atoms with Gasteiger partial charge in [-0.05, 0) is 6.42 Å². The number of esters is 1. The van der Waals surface area contributed by atoms with Gasteiger partial charge in [0.05, 0.1) is 13.5 Å². The van der Waals surface area contributed by atoms with Gasteiger partial charge < -0.3 is 10.1 Å². The highest BCUT2D eigenvalue weighted by molar-refractivity contribution is 5.91. The normalized spacial score (nSPS) is 11.1. The van der Waals surface area contributed by atoms with E-state index in [4.69, 9.17) is 0 Å². The number of hydrogen-bond donors (Lipinski definition) is 1. The summed E-state index contributed by atoms with van der Waals surface area (Å²) in [5, 5.41) is 4.41. The lowest BCUT2D eigenvalue weighted by Crippen LogP contribution is -2.41. The van der Waals surface area contributed by atoms with Gasteiger partial charge in [-0.1, -0.05) is 6.08 Å². The zero-order valence-corrected chi connectivity index (χ0v) is 9.47. The molecule has 1 atom stereocenters. The van der Waals surface area contributed by atoms with Crippen LogP contribution in [0.2, 0.25) is 0 Å². The van der Waals surface area contributed by atoms with Crippen LogP contribution in [-0.2, 0) is 19.1 Å². The number of nitrogens with one attached hydrogen (secondary N) is 1. The molecule has 0 radical (unpaired) electrons. The minimum atomic E-state index is -1.27. The molecule has 0 saturated carbocycles. The summed E-state index contributed by atoms with van der Waals surface area (Å²) in [6.07, 6.45) is 1.67. The Morgan fingerprint density at radius 2 is 2.12 bits per heavy atom. The van der Waals surface area contributed by atoms with Crippen molar-refractivity contribution in [1.82, 2.24) is 5.32 Å². The van der Waals surface area contributed by atoms with Crippen LogP contribution < -0.4 is 5.32 Å². The molecule has 0 aromatic rings. The first kappa shape index (κ1) is 14.9. The number of nitroso groups, excluding NO2 is 1. The van der Waals surface area contributed by atoms with E-state index in [1.165, 1.54) is 6.08 Å². The number of carbonyl (C=O) groups excluding carboxylic acids is 3. The van der Waals surface area contributed by atoms with E-state index in [2.05, 4.69) is 21.8 Å². The van der Waals surface area contributed by atoms with Crippen molar-refractivity contribution in [3.05, 3.63) is 17.6 Å². The van der Waals surface area contributed by atoms with E-state index in [0.29, 0.717) is 6.42 Å². The van der Waals surface area contributed by atoms with Gasteiger partial charge in [-0.2, -0.15) is 0 Å². The first-order valence-corrected chi connectivity index (χ1v) is 4.89. The summed E-state index contributed by atoms with van der Waals surface area (Å²) >= 11 is 0. The van der Waals surface area contributed by atoms with Crippen LogP contribution in [0.3, 0.4) is 0 Å². The van der Waals surface area contributed by atoms with Gasteiger partial charge in [-0.3, -0.25) is 14.4 Å². The van der Waals surface area contributed by atoms with Crippen LogP contribution >= 0.6 is 0 Å². The van der Waals surface area contributed by atoms with Crippen LogP contribution in [0.5, 0.6) is 0 Å². The Morgan fingerprint density at radius 3 is 2.59 bits per heavy atom. The number of allylic oxidation sites excluding steroid dienone is 1. The maximum atomic E-state index is 11.3. The summed E-state index contributed by atoms with van der Waals surface area (Å²) < 4.78 is 4.34. The Labute approximate surface area is 98.2 Å². The molecule has 1 N–H and O–H groups in total. The van der Waals surface area contributed by atoms with E-state index >= 15 is 0 Å². The van der Waals surface area contributed by atoms with E-state index in [1.54, 1.807) is 0 Å². The molecule has 0 aromatic carbocycles. The maximum Gasteiger partial charge on any atom is 0.309 e. The number of nitrogens with zero attached hydrogens (tertiary/aromatic N) is 1. The molecule has 2 amide bonds. The Kier molecular flexibility index (Phi) is 7.16. The largest absolute Gasteiger partial charge is 0.469 e. The highest BCUT2D eigenvalue weighted by Gasteiger charge is 2.24.